The average Bonchev–Trinajstić information content (AvgIpc) is 3.16. The predicted octanol–water partition coefficient (Wildman–Crippen LogP) is 2.62. The van der Waals surface area contributed by atoms with E-state index in [0.717, 1.165) is 10.9 Å². The van der Waals surface area contributed by atoms with Gasteiger partial charge in [0.15, 0.2) is 0 Å². The number of aliphatic hydroxyl groups is 1. The van der Waals surface area contributed by atoms with E-state index < -0.39 is 0 Å². The molecule has 20 heavy (non-hydrogen) atoms. The monoisotopic (exact) mass is 340 g/mol. The molecule has 0 aromatic heterocycles. The third kappa shape index (κ3) is 4.21. The SMILES string of the molecule is C[C@H](CCO)CNC(=O)N[C@@H]1C[C@@H]1c1ccccc1Br. The number of amides is 2. The summed E-state index contributed by atoms with van der Waals surface area (Å²) in [6.45, 7) is 2.77. The van der Waals surface area contributed by atoms with Gasteiger partial charge < -0.3 is 15.7 Å². The van der Waals surface area contributed by atoms with E-state index in [1.807, 2.05) is 25.1 Å². The first-order valence-corrected chi connectivity index (χ1v) is 7.80. The number of aliphatic hydroxyl groups excluding tert-OH is 1. The Hall–Kier alpha value is -1.07. The number of halogens is 1. The topological polar surface area (TPSA) is 61.4 Å². The molecule has 3 N–H and O–H groups in total. The molecule has 1 fully saturated rings. The molecular formula is C15H21BrN2O2. The van der Waals surface area contributed by atoms with Crippen LogP contribution in [0.1, 0.15) is 31.2 Å². The third-order valence-corrected chi connectivity index (χ3v) is 4.37. The normalized spacial score (nSPS) is 22.1. The van der Waals surface area contributed by atoms with E-state index in [2.05, 4.69) is 32.6 Å². The van der Waals surface area contributed by atoms with Gasteiger partial charge in [-0.05, 0) is 30.4 Å². The molecule has 1 aromatic rings. The van der Waals surface area contributed by atoms with E-state index in [9.17, 15) is 4.79 Å². The van der Waals surface area contributed by atoms with Crippen LogP contribution in [-0.4, -0.2) is 30.3 Å². The molecule has 2 amide bonds. The van der Waals surface area contributed by atoms with Crippen LogP contribution >= 0.6 is 15.9 Å². The molecule has 0 radical (unpaired) electrons. The van der Waals surface area contributed by atoms with Crippen LogP contribution < -0.4 is 10.6 Å². The Balaban J connectivity index is 1.74. The minimum Gasteiger partial charge on any atom is -0.396 e. The van der Waals surface area contributed by atoms with Crippen molar-refractivity contribution in [2.75, 3.05) is 13.2 Å². The van der Waals surface area contributed by atoms with Crippen molar-refractivity contribution in [1.82, 2.24) is 10.6 Å². The van der Waals surface area contributed by atoms with Crippen LogP contribution in [0.5, 0.6) is 0 Å². The van der Waals surface area contributed by atoms with E-state index in [0.29, 0.717) is 24.8 Å². The summed E-state index contributed by atoms with van der Waals surface area (Å²) in [5, 5.41) is 14.7. The molecule has 0 aliphatic heterocycles. The van der Waals surface area contributed by atoms with Crippen LogP contribution in [0.25, 0.3) is 0 Å². The van der Waals surface area contributed by atoms with Gasteiger partial charge in [-0.2, -0.15) is 0 Å². The zero-order valence-corrected chi connectivity index (χ0v) is 13.2. The van der Waals surface area contributed by atoms with Crippen molar-refractivity contribution in [1.29, 1.82) is 0 Å². The first-order valence-electron chi connectivity index (χ1n) is 7.01. The zero-order chi connectivity index (χ0) is 14.5. The largest absolute Gasteiger partial charge is 0.396 e. The molecule has 1 aliphatic rings. The summed E-state index contributed by atoms with van der Waals surface area (Å²) in [7, 11) is 0. The van der Waals surface area contributed by atoms with Gasteiger partial charge in [0.1, 0.15) is 0 Å². The van der Waals surface area contributed by atoms with Gasteiger partial charge in [0.05, 0.1) is 0 Å². The Labute approximate surface area is 128 Å². The molecule has 5 heteroatoms. The number of urea groups is 1. The van der Waals surface area contributed by atoms with Gasteiger partial charge in [0, 0.05) is 29.6 Å². The lowest BCUT2D eigenvalue weighted by atomic mass is 10.1. The minimum atomic E-state index is -0.116. The van der Waals surface area contributed by atoms with Crippen LogP contribution in [-0.2, 0) is 0 Å². The number of carbonyl (C=O) groups excluding carboxylic acids is 1. The number of hydrogen-bond donors (Lipinski definition) is 3. The van der Waals surface area contributed by atoms with Crippen LogP contribution in [0, 0.1) is 5.92 Å². The van der Waals surface area contributed by atoms with E-state index in [1.165, 1.54) is 5.56 Å². The van der Waals surface area contributed by atoms with Gasteiger partial charge >= 0.3 is 6.03 Å². The number of nitrogens with one attached hydrogen (secondary N) is 2. The molecule has 1 aliphatic carbocycles. The van der Waals surface area contributed by atoms with Crippen LogP contribution in [0.2, 0.25) is 0 Å². The average molecular weight is 341 g/mol. The molecule has 1 saturated carbocycles. The summed E-state index contributed by atoms with van der Waals surface area (Å²) in [6, 6.07) is 8.25. The Bertz CT molecular complexity index is 467. The van der Waals surface area contributed by atoms with E-state index in [-0.39, 0.29) is 18.7 Å². The summed E-state index contributed by atoms with van der Waals surface area (Å²) >= 11 is 3.55. The Morgan fingerprint density at radius 3 is 2.95 bits per heavy atom. The molecule has 0 spiro atoms. The smallest absolute Gasteiger partial charge is 0.315 e. The second-order valence-electron chi connectivity index (χ2n) is 5.44. The van der Waals surface area contributed by atoms with Gasteiger partial charge in [-0.1, -0.05) is 41.1 Å². The fourth-order valence-corrected chi connectivity index (χ4v) is 2.86. The van der Waals surface area contributed by atoms with Gasteiger partial charge in [0.25, 0.3) is 0 Å². The highest BCUT2D eigenvalue weighted by molar-refractivity contribution is 9.10. The number of hydrogen-bond acceptors (Lipinski definition) is 2. The lowest BCUT2D eigenvalue weighted by Crippen LogP contribution is -2.39. The Morgan fingerprint density at radius 2 is 2.25 bits per heavy atom. The minimum absolute atomic E-state index is 0.116. The highest BCUT2D eigenvalue weighted by Gasteiger charge is 2.40. The number of benzene rings is 1. The molecular weight excluding hydrogens is 320 g/mol. The van der Waals surface area contributed by atoms with Crippen molar-refractivity contribution < 1.29 is 9.90 Å². The fraction of sp³-hybridized carbons (Fsp3) is 0.533. The molecule has 0 heterocycles. The quantitative estimate of drug-likeness (QED) is 0.745. The van der Waals surface area contributed by atoms with Crippen molar-refractivity contribution in [3.05, 3.63) is 34.3 Å². The standard InChI is InChI=1S/C15H21BrN2O2/c1-10(6-7-19)9-17-15(20)18-14-8-12(14)11-4-2-3-5-13(11)16/h2-5,10,12,14,19H,6-9H2,1H3,(H2,17,18,20)/t10-,12-,14-/m1/s1. The molecule has 0 bridgehead atoms. The van der Waals surface area contributed by atoms with Crippen LogP contribution in [0.3, 0.4) is 0 Å². The number of rotatable bonds is 6. The van der Waals surface area contributed by atoms with Gasteiger partial charge in [-0.25, -0.2) is 4.79 Å². The van der Waals surface area contributed by atoms with E-state index in [1.54, 1.807) is 0 Å². The maximum atomic E-state index is 11.8. The highest BCUT2D eigenvalue weighted by Crippen LogP contribution is 2.43. The molecule has 0 saturated heterocycles. The fourth-order valence-electron chi connectivity index (χ4n) is 2.28. The lowest BCUT2D eigenvalue weighted by Gasteiger charge is -2.12. The summed E-state index contributed by atoms with van der Waals surface area (Å²) in [4.78, 5) is 11.8. The summed E-state index contributed by atoms with van der Waals surface area (Å²) in [5.74, 6) is 0.704. The summed E-state index contributed by atoms with van der Waals surface area (Å²) < 4.78 is 1.10. The lowest BCUT2D eigenvalue weighted by molar-refractivity contribution is 0.233. The zero-order valence-electron chi connectivity index (χ0n) is 11.6. The molecule has 1 aromatic carbocycles. The predicted molar refractivity (Wildman–Crippen MR) is 82.7 cm³/mol. The molecule has 2 rings (SSSR count). The van der Waals surface area contributed by atoms with Crippen molar-refractivity contribution >= 4 is 22.0 Å². The van der Waals surface area contributed by atoms with Gasteiger partial charge in [-0.3, -0.25) is 0 Å². The second kappa shape index (κ2) is 7.09. The molecule has 0 unspecified atom stereocenters. The van der Waals surface area contributed by atoms with Crippen LogP contribution in [0.4, 0.5) is 4.79 Å². The number of carbonyl (C=O) groups is 1. The van der Waals surface area contributed by atoms with Crippen molar-refractivity contribution in [3.8, 4) is 0 Å². The Kier molecular flexibility index (Phi) is 5.43. The summed E-state index contributed by atoms with van der Waals surface area (Å²) in [6.07, 6.45) is 1.70. The first-order chi connectivity index (χ1) is 9.61. The van der Waals surface area contributed by atoms with Gasteiger partial charge in [-0.15, -0.1) is 0 Å². The molecule has 4 nitrogen and oxygen atoms in total. The second-order valence-corrected chi connectivity index (χ2v) is 6.30. The maximum Gasteiger partial charge on any atom is 0.315 e. The van der Waals surface area contributed by atoms with E-state index in [4.69, 9.17) is 5.11 Å². The van der Waals surface area contributed by atoms with Crippen molar-refractivity contribution in [2.45, 2.75) is 31.7 Å². The van der Waals surface area contributed by atoms with Crippen molar-refractivity contribution in [2.24, 2.45) is 5.92 Å². The highest BCUT2D eigenvalue weighted by atomic mass is 79.9. The molecule has 110 valence electrons. The third-order valence-electron chi connectivity index (χ3n) is 3.64. The maximum absolute atomic E-state index is 11.8. The Morgan fingerprint density at radius 1 is 1.50 bits per heavy atom. The van der Waals surface area contributed by atoms with E-state index >= 15 is 0 Å². The first kappa shape index (κ1) is 15.3. The van der Waals surface area contributed by atoms with Crippen molar-refractivity contribution in [3.63, 3.8) is 0 Å². The summed E-state index contributed by atoms with van der Waals surface area (Å²) in [5.41, 5.74) is 1.26. The molecule has 3 atom stereocenters. The van der Waals surface area contributed by atoms with Crippen LogP contribution in [0.15, 0.2) is 28.7 Å². The van der Waals surface area contributed by atoms with Gasteiger partial charge in [0.2, 0.25) is 0 Å².